The van der Waals surface area contributed by atoms with E-state index in [2.05, 4.69) is 66.6 Å². The third kappa shape index (κ3) is 185. The summed E-state index contributed by atoms with van der Waals surface area (Å²) in [4.78, 5) is 13.7. The van der Waals surface area contributed by atoms with E-state index in [4.69, 9.17) is 9.47 Å². The van der Waals surface area contributed by atoms with Crippen LogP contribution in [-0.2, 0) is 53.9 Å². The molecule has 0 spiro atoms. The van der Waals surface area contributed by atoms with E-state index >= 15 is 0 Å². The Morgan fingerprint density at radius 3 is 0.917 bits per heavy atom. The van der Waals surface area contributed by atoms with Gasteiger partial charge in [-0.1, -0.05) is 45.8 Å². The van der Waals surface area contributed by atoms with Gasteiger partial charge in [0.05, 0.1) is 12.2 Å². The number of ether oxygens (including phenoxy) is 2. The zero-order chi connectivity index (χ0) is 26.6. The van der Waals surface area contributed by atoms with Crippen molar-refractivity contribution in [3.8, 4) is 0 Å². The van der Waals surface area contributed by atoms with Crippen LogP contribution in [0.15, 0.2) is 11.6 Å². The minimum atomic E-state index is 0. The maximum absolute atomic E-state index is 10.1. The molecule has 0 N–H and O–H groups in total. The van der Waals surface area contributed by atoms with E-state index in [0.29, 0.717) is 12.2 Å². The molecule has 0 aromatic rings. The molecule has 0 aliphatic carbocycles. The molecule has 0 fully saturated rings. The fourth-order valence-corrected chi connectivity index (χ4v) is 0. The molecule has 0 bridgehead atoms. The molecule has 0 aromatic heterocycles. The van der Waals surface area contributed by atoms with Gasteiger partial charge in [-0.3, -0.25) is 4.79 Å². The van der Waals surface area contributed by atoms with Crippen LogP contribution in [0, 0.1) is 28.2 Å². The molecule has 0 aliphatic rings. The van der Waals surface area contributed by atoms with Crippen molar-refractivity contribution in [2.75, 3.05) is 49.0 Å². The molecule has 0 saturated carbocycles. The van der Waals surface area contributed by atoms with Crippen molar-refractivity contribution < 1.29 is 53.9 Å². The van der Waals surface area contributed by atoms with E-state index in [1.807, 2.05) is 34.6 Å². The van der Waals surface area contributed by atoms with Gasteiger partial charge in [-0.05, 0) is 75.0 Å². The molecule has 0 heterocycles. The van der Waals surface area contributed by atoms with Crippen LogP contribution in [0.5, 0.6) is 0 Å². The number of allylic oxidation sites excluding steroid dienone is 2. The molecule has 1 amide bonds. The normalized spacial score (nSPS) is 7.61. The van der Waals surface area contributed by atoms with Crippen molar-refractivity contribution in [1.82, 2.24) is 9.80 Å². The fraction of sp³-hybridized carbons (Fsp3) is 0.793. The zero-order valence-electron chi connectivity index (χ0n) is 28.7. The van der Waals surface area contributed by atoms with E-state index in [1.54, 1.807) is 28.3 Å². The van der Waals surface area contributed by atoms with Crippen LogP contribution in [0.2, 0.25) is 0 Å². The van der Waals surface area contributed by atoms with Crippen LogP contribution < -0.4 is 0 Å². The molecule has 0 aromatic carbocycles. The molecular weight excluding hydrogens is 659 g/mol. The molecule has 0 unspecified atom stereocenters. The number of rotatable bonds is 4. The first-order chi connectivity index (χ1) is 14.0. The summed E-state index contributed by atoms with van der Waals surface area (Å²) in [5.74, 6) is 0.977. The van der Waals surface area contributed by atoms with E-state index in [-0.39, 0.29) is 67.8 Å². The van der Waals surface area contributed by atoms with E-state index in [9.17, 15) is 4.79 Å². The van der Waals surface area contributed by atoms with Crippen LogP contribution in [0.4, 0.5) is 0 Å². The first-order valence-corrected chi connectivity index (χ1v) is 11.5. The minimum Gasteiger partial charge on any atom is -0.382 e. The Morgan fingerprint density at radius 2 is 0.917 bits per heavy atom. The van der Waals surface area contributed by atoms with Gasteiger partial charge in [0, 0.05) is 56.3 Å². The number of methoxy groups -OCH3 is 2. The van der Waals surface area contributed by atoms with Crippen molar-refractivity contribution in [1.29, 1.82) is 0 Å². The zero-order valence-corrected chi connectivity index (χ0v) is 33.0. The number of amides is 1. The Morgan fingerprint density at radius 1 is 0.778 bits per heavy atom. The molecule has 0 saturated heterocycles. The molecule has 5 nitrogen and oxygen atoms in total. The number of hydrogen-bond donors (Lipinski definition) is 0. The average molecular weight is 731 g/mol. The summed E-state index contributed by atoms with van der Waals surface area (Å²) in [5, 5.41) is 0. The van der Waals surface area contributed by atoms with Crippen LogP contribution in [-0.4, -0.2) is 76.9 Å². The van der Waals surface area contributed by atoms with E-state index < -0.39 is 0 Å². The van der Waals surface area contributed by atoms with Crippen molar-refractivity contribution in [3.05, 3.63) is 33.9 Å². The van der Waals surface area contributed by atoms with Gasteiger partial charge in [-0.15, -0.1) is 0 Å². The largest absolute Gasteiger partial charge is 2.00 e. The maximum atomic E-state index is 10.1. The first-order valence-electron chi connectivity index (χ1n) is 11.5. The molecule has 36 heavy (non-hydrogen) atoms. The second-order valence-electron chi connectivity index (χ2n) is 8.55. The minimum absolute atomic E-state index is 0. The van der Waals surface area contributed by atoms with Gasteiger partial charge in [-0.25, -0.2) is 0 Å². The van der Waals surface area contributed by atoms with Crippen LogP contribution in [0.3, 0.4) is 0 Å². The Kier molecular flexibility index (Phi) is 118. The molecule has 7 heteroatoms. The quantitative estimate of drug-likeness (QED) is 0.217. The Balaban J connectivity index is -0.0000000226. The predicted octanol–water partition coefficient (Wildman–Crippen LogP) is 8.12. The summed E-state index contributed by atoms with van der Waals surface area (Å²) in [6, 6.07) is 0. The SMILES string of the molecule is CC(=O)N(C)C.CC=C(C)C.CCC(C)C.CCN(C)C.COC(C)C.COC(C)C.[CH3-].[CH3-].[CH3-].[V+2].[W]. The Labute approximate surface area is 259 Å². The van der Waals surface area contributed by atoms with Gasteiger partial charge in [0.1, 0.15) is 0 Å². The van der Waals surface area contributed by atoms with E-state index in [1.165, 1.54) is 23.8 Å². The standard InChI is InChI=1S/C5H12.C5H10.C4H9NO.C4H11N.2C4H10O.3CH3.V.W/c2*1-4-5(2)3;1-4(6)5(2)3;1-4-5(2)3;2*1-4(2)5-3;;;;;/h5H,4H2,1-3H3;4H,1-3H3;1-3H3;4H2,1-3H3;2*4H,1-3H3;3*1H3;;/q;;;;;;3*-1;+2;. The summed E-state index contributed by atoms with van der Waals surface area (Å²) in [5.41, 5.74) is 1.38. The molecule has 0 rings (SSSR count). The third-order valence-electron chi connectivity index (χ3n) is 3.60. The van der Waals surface area contributed by atoms with Gasteiger partial charge < -0.3 is 41.6 Å². The molecular formula is C29H71N2O3VW-. The Bertz CT molecular complexity index is 315. The summed E-state index contributed by atoms with van der Waals surface area (Å²) in [7, 11) is 11.0. The number of carbonyl (C=O) groups is 1. The van der Waals surface area contributed by atoms with Crippen LogP contribution >= 0.6 is 0 Å². The second kappa shape index (κ2) is 60.1. The average Bonchev–Trinajstić information content (AvgIpc) is 2.69. The second-order valence-corrected chi connectivity index (χ2v) is 8.55. The summed E-state index contributed by atoms with van der Waals surface area (Å²) in [6.45, 7) is 25.6. The van der Waals surface area contributed by atoms with Crippen molar-refractivity contribution >= 4 is 5.91 Å². The first kappa shape index (κ1) is 70.7. The number of nitrogens with zero attached hydrogens (tertiary/aromatic N) is 2. The van der Waals surface area contributed by atoms with Gasteiger partial charge in [-0.2, -0.15) is 0 Å². The Hall–Kier alpha value is 0.363. The fourth-order valence-electron chi connectivity index (χ4n) is 0. The van der Waals surface area contributed by atoms with E-state index in [0.717, 1.165) is 12.5 Å². The van der Waals surface area contributed by atoms with Crippen LogP contribution in [0.25, 0.3) is 0 Å². The maximum Gasteiger partial charge on any atom is 2.00 e. The smallest absolute Gasteiger partial charge is 0.382 e. The number of hydrogen-bond acceptors (Lipinski definition) is 4. The summed E-state index contributed by atoms with van der Waals surface area (Å²) < 4.78 is 9.50. The molecule has 0 aliphatic heterocycles. The topological polar surface area (TPSA) is 42.0 Å². The van der Waals surface area contributed by atoms with Crippen molar-refractivity contribution in [2.45, 2.75) is 102 Å². The van der Waals surface area contributed by atoms with Gasteiger partial charge >= 0.3 is 18.6 Å². The van der Waals surface area contributed by atoms with Gasteiger partial charge in [0.15, 0.2) is 0 Å². The molecule has 1 radical (unpaired) electrons. The van der Waals surface area contributed by atoms with Crippen molar-refractivity contribution in [3.63, 3.8) is 0 Å². The van der Waals surface area contributed by atoms with Gasteiger partial charge in [0.2, 0.25) is 5.91 Å². The van der Waals surface area contributed by atoms with Crippen molar-refractivity contribution in [2.24, 2.45) is 5.92 Å². The predicted molar refractivity (Wildman–Crippen MR) is 162 cm³/mol. The van der Waals surface area contributed by atoms with Crippen LogP contribution in [0.1, 0.15) is 89.5 Å². The summed E-state index contributed by atoms with van der Waals surface area (Å²) in [6.07, 6.45) is 4.16. The number of carbonyl (C=O) groups excluding carboxylic acids is 1. The third-order valence-corrected chi connectivity index (χ3v) is 3.60. The van der Waals surface area contributed by atoms with Gasteiger partial charge in [0.25, 0.3) is 0 Å². The molecule has 0 atom stereocenters. The summed E-state index contributed by atoms with van der Waals surface area (Å²) >= 11 is 0. The monoisotopic (exact) mass is 730 g/mol. The molecule has 227 valence electrons.